The Bertz CT molecular complexity index is 1480. The fourth-order valence-corrected chi connectivity index (χ4v) is 5.01. The Labute approximate surface area is 278 Å². The van der Waals surface area contributed by atoms with Crippen molar-refractivity contribution in [2.24, 2.45) is 0 Å². The molecule has 2 aromatic carbocycles. The van der Waals surface area contributed by atoms with Crippen molar-refractivity contribution in [3.05, 3.63) is 70.4 Å². The summed E-state index contributed by atoms with van der Waals surface area (Å²) in [5.41, 5.74) is 0.554. The number of non-ortho nitro benzene ring substituents is 1. The number of halogens is 3. The van der Waals surface area contributed by atoms with Gasteiger partial charge in [-0.15, -0.1) is 0 Å². The number of imide groups is 1. The number of aliphatic hydroxyl groups excluding tert-OH is 1. The molecule has 2 aliphatic rings. The SMILES string of the molecule is CC(=O)N(C[C@H]1CN(c2ccc(N3CCOCC3)c(F)c2)C(=O)O1)C(=O)OC[CH][C@@H](NC(=O)C(Cl)Cl)[C@H](O)c1ccc([N+](=O)[O-])cc1. The number of anilines is 2. The molecule has 1 radical (unpaired) electrons. The van der Waals surface area contributed by atoms with Gasteiger partial charge in [-0.3, -0.25) is 24.6 Å². The van der Waals surface area contributed by atoms with E-state index in [1.165, 1.54) is 29.5 Å². The maximum absolute atomic E-state index is 15.0. The lowest BCUT2D eigenvalue weighted by atomic mass is 9.99. The molecule has 18 heteroatoms. The van der Waals surface area contributed by atoms with Gasteiger partial charge in [-0.2, -0.15) is 0 Å². The molecule has 0 saturated carbocycles. The van der Waals surface area contributed by atoms with E-state index in [-0.39, 0.29) is 30.0 Å². The third kappa shape index (κ3) is 9.18. The second-order valence-electron chi connectivity index (χ2n) is 10.4. The van der Waals surface area contributed by atoms with Gasteiger partial charge in [0.15, 0.2) is 4.84 Å². The van der Waals surface area contributed by atoms with Crippen LogP contribution in [0.1, 0.15) is 18.6 Å². The molecule has 2 heterocycles. The minimum absolute atomic E-state index is 0.0914. The summed E-state index contributed by atoms with van der Waals surface area (Å²) in [6.07, 6.45) is -3.15. The predicted octanol–water partition coefficient (Wildman–Crippen LogP) is 3.11. The minimum Gasteiger partial charge on any atom is -0.449 e. The molecule has 2 aromatic rings. The lowest BCUT2D eigenvalue weighted by molar-refractivity contribution is -0.384. The molecule has 3 atom stereocenters. The predicted molar refractivity (Wildman–Crippen MR) is 166 cm³/mol. The smallest absolute Gasteiger partial charge is 0.416 e. The van der Waals surface area contributed by atoms with Crippen LogP contribution in [0.5, 0.6) is 0 Å². The van der Waals surface area contributed by atoms with Crippen LogP contribution >= 0.6 is 23.2 Å². The van der Waals surface area contributed by atoms with Gasteiger partial charge >= 0.3 is 12.2 Å². The lowest BCUT2D eigenvalue weighted by Gasteiger charge is -2.29. The first kappa shape index (κ1) is 35.6. The van der Waals surface area contributed by atoms with Crippen molar-refractivity contribution in [2.45, 2.75) is 30.0 Å². The number of nitrogens with zero attached hydrogens (tertiary/aromatic N) is 4. The number of ether oxygens (including phenoxy) is 3. The molecule has 2 aliphatic heterocycles. The number of rotatable bonds is 12. The quantitative estimate of drug-likeness (QED) is 0.189. The number of morpholine rings is 1. The molecule has 0 unspecified atom stereocenters. The van der Waals surface area contributed by atoms with Crippen LogP contribution in [0.2, 0.25) is 0 Å². The lowest BCUT2D eigenvalue weighted by Crippen LogP contribution is -2.44. The topological polar surface area (TPSA) is 181 Å². The summed E-state index contributed by atoms with van der Waals surface area (Å²) >= 11 is 11.2. The number of amides is 4. The summed E-state index contributed by atoms with van der Waals surface area (Å²) in [7, 11) is 0. The van der Waals surface area contributed by atoms with Crippen molar-refractivity contribution in [2.75, 3.05) is 55.8 Å². The average Bonchev–Trinajstić information content (AvgIpc) is 3.42. The highest BCUT2D eigenvalue weighted by atomic mass is 35.5. The van der Waals surface area contributed by atoms with E-state index in [9.17, 15) is 38.8 Å². The van der Waals surface area contributed by atoms with Crippen LogP contribution in [0.25, 0.3) is 0 Å². The first-order chi connectivity index (χ1) is 22.3. The number of nitro groups is 1. The number of nitrogens with one attached hydrogen (secondary N) is 1. The molecule has 0 aromatic heterocycles. The van der Waals surface area contributed by atoms with Crippen LogP contribution in [0, 0.1) is 22.4 Å². The third-order valence-corrected chi connectivity index (χ3v) is 7.70. The second kappa shape index (κ2) is 16.0. The van der Waals surface area contributed by atoms with E-state index in [0.717, 1.165) is 19.1 Å². The molecule has 15 nitrogen and oxygen atoms in total. The molecule has 4 rings (SSSR count). The fourth-order valence-electron chi connectivity index (χ4n) is 4.88. The van der Waals surface area contributed by atoms with Crippen molar-refractivity contribution in [1.29, 1.82) is 0 Å². The largest absolute Gasteiger partial charge is 0.449 e. The molecular formula is C29H31Cl2FN5O10. The van der Waals surface area contributed by atoms with Gasteiger partial charge in [-0.25, -0.2) is 18.9 Å². The monoisotopic (exact) mass is 698 g/mol. The molecule has 0 spiro atoms. The molecule has 4 amide bonds. The highest BCUT2D eigenvalue weighted by Crippen LogP contribution is 2.29. The zero-order valence-electron chi connectivity index (χ0n) is 24.9. The van der Waals surface area contributed by atoms with Crippen molar-refractivity contribution in [1.82, 2.24) is 10.2 Å². The molecule has 47 heavy (non-hydrogen) atoms. The van der Waals surface area contributed by atoms with E-state index in [1.54, 1.807) is 12.1 Å². The van der Waals surface area contributed by atoms with Crippen molar-refractivity contribution in [3.8, 4) is 0 Å². The molecule has 253 valence electrons. The Balaban J connectivity index is 1.36. The summed E-state index contributed by atoms with van der Waals surface area (Å²) < 4.78 is 30.8. The van der Waals surface area contributed by atoms with Gasteiger partial charge in [0.05, 0.1) is 61.4 Å². The van der Waals surface area contributed by atoms with E-state index in [4.69, 9.17) is 37.4 Å². The molecule has 0 aliphatic carbocycles. The number of hydrogen-bond acceptors (Lipinski definition) is 11. The molecule has 0 bridgehead atoms. The fraction of sp³-hybridized carbons (Fsp3) is 0.414. The van der Waals surface area contributed by atoms with Crippen molar-refractivity contribution >= 4 is 64.3 Å². The number of carbonyl (C=O) groups excluding carboxylic acids is 4. The number of alkyl halides is 2. The van der Waals surface area contributed by atoms with Crippen LogP contribution in [0.3, 0.4) is 0 Å². The van der Waals surface area contributed by atoms with Crippen LogP contribution in [0.4, 0.5) is 31.0 Å². The molecule has 2 saturated heterocycles. The summed E-state index contributed by atoms with van der Waals surface area (Å²) in [5.74, 6) is -2.14. The second-order valence-corrected chi connectivity index (χ2v) is 11.5. The summed E-state index contributed by atoms with van der Waals surface area (Å²) in [6, 6.07) is 7.96. The van der Waals surface area contributed by atoms with E-state index in [0.29, 0.717) is 36.9 Å². The molecule has 2 N–H and O–H groups in total. The van der Waals surface area contributed by atoms with Crippen molar-refractivity contribution < 1.29 is 47.8 Å². The Hall–Kier alpha value is -4.25. The van der Waals surface area contributed by atoms with Gasteiger partial charge in [-0.1, -0.05) is 23.2 Å². The molecular weight excluding hydrogens is 668 g/mol. The van der Waals surface area contributed by atoms with Gasteiger partial charge in [0.1, 0.15) is 11.9 Å². The number of hydrogen-bond donors (Lipinski definition) is 2. The van der Waals surface area contributed by atoms with E-state index in [1.807, 2.05) is 4.90 Å². The van der Waals surface area contributed by atoms with Crippen molar-refractivity contribution in [3.63, 3.8) is 0 Å². The highest BCUT2D eigenvalue weighted by molar-refractivity contribution is 6.53. The van der Waals surface area contributed by atoms with Gasteiger partial charge in [0, 0.05) is 38.6 Å². The Kier molecular flexibility index (Phi) is 12.1. The van der Waals surface area contributed by atoms with Gasteiger partial charge < -0.3 is 29.5 Å². The molecule has 2 fully saturated rings. The number of carbonyl (C=O) groups is 4. The number of benzene rings is 2. The van der Waals surface area contributed by atoms with E-state index >= 15 is 0 Å². The van der Waals surface area contributed by atoms with Gasteiger partial charge in [-0.05, 0) is 35.9 Å². The Morgan fingerprint density at radius 1 is 1.21 bits per heavy atom. The maximum Gasteiger partial charge on any atom is 0.416 e. The van der Waals surface area contributed by atoms with Crippen LogP contribution in [0.15, 0.2) is 42.5 Å². The summed E-state index contributed by atoms with van der Waals surface area (Å²) in [6.45, 7) is 2.09. The van der Waals surface area contributed by atoms with Crippen LogP contribution < -0.4 is 15.1 Å². The number of cyclic esters (lactones) is 1. The van der Waals surface area contributed by atoms with Crippen LogP contribution in [-0.2, 0) is 23.8 Å². The minimum atomic E-state index is -1.50. The average molecular weight is 699 g/mol. The Morgan fingerprint density at radius 3 is 2.49 bits per heavy atom. The van der Waals surface area contributed by atoms with E-state index in [2.05, 4.69) is 5.32 Å². The zero-order valence-corrected chi connectivity index (χ0v) is 26.4. The summed E-state index contributed by atoms with van der Waals surface area (Å²) in [5, 5.41) is 24.2. The number of nitro benzene ring substituents is 1. The first-order valence-corrected chi connectivity index (χ1v) is 15.1. The van der Waals surface area contributed by atoms with E-state index < -0.39 is 64.4 Å². The number of aliphatic hydroxyl groups is 1. The third-order valence-electron chi connectivity index (χ3n) is 7.31. The highest BCUT2D eigenvalue weighted by Gasteiger charge is 2.36. The normalized spacial score (nSPS) is 17.6. The maximum atomic E-state index is 15.0. The Morgan fingerprint density at radius 2 is 1.89 bits per heavy atom. The standard InChI is InChI=1S/C29H31Cl2FN5O10/c1-17(38)35(15-21-16-36(29(42)47-21)20-6-7-24(22(32)14-20)34-9-12-45-13-10-34)28(41)46-11-8-23(33-27(40)26(30)31)25(39)18-2-4-19(5-3-18)37(43)44/h2-8,14,21,23,25-26,39H,9-13,15-16H2,1H3,(H,33,40)/t21-,23+,25+/m0/s1. The van der Waals surface area contributed by atoms with Gasteiger partial charge in [0.2, 0.25) is 5.91 Å². The zero-order chi connectivity index (χ0) is 34.2. The van der Waals surface area contributed by atoms with Gasteiger partial charge in [0.25, 0.3) is 11.6 Å². The first-order valence-electron chi connectivity index (χ1n) is 14.2. The summed E-state index contributed by atoms with van der Waals surface area (Å²) in [4.78, 5) is 62.6. The van der Waals surface area contributed by atoms with Crippen LogP contribution in [-0.4, -0.2) is 102 Å².